The minimum absolute atomic E-state index is 0.222. The summed E-state index contributed by atoms with van der Waals surface area (Å²) in [7, 11) is 0. The molecular weight excluding hydrogens is 436 g/mol. The van der Waals surface area contributed by atoms with Gasteiger partial charge in [-0.05, 0) is 37.1 Å². The number of piperazine rings is 1. The molecule has 1 aromatic carbocycles. The van der Waals surface area contributed by atoms with Crippen LogP contribution in [0.25, 0.3) is 11.4 Å². The van der Waals surface area contributed by atoms with Gasteiger partial charge in [-0.25, -0.2) is 4.98 Å². The van der Waals surface area contributed by atoms with E-state index in [9.17, 15) is 13.6 Å². The maximum absolute atomic E-state index is 12.9. The molecule has 10 heteroatoms. The molecule has 7 nitrogen and oxygen atoms in total. The second-order valence-electron chi connectivity index (χ2n) is 7.79. The van der Waals surface area contributed by atoms with E-state index in [0.717, 1.165) is 24.2 Å². The number of thioether (sulfide) groups is 1. The van der Waals surface area contributed by atoms with E-state index in [1.54, 1.807) is 35.4 Å². The maximum Gasteiger partial charge on any atom is 0.288 e. The molecule has 0 bridgehead atoms. The number of benzene rings is 1. The van der Waals surface area contributed by atoms with Gasteiger partial charge in [0.25, 0.3) is 11.7 Å². The second-order valence-corrected chi connectivity index (χ2v) is 8.82. The van der Waals surface area contributed by atoms with E-state index < -0.39 is 5.76 Å². The first-order valence-electron chi connectivity index (χ1n) is 10.5. The molecule has 0 spiro atoms. The van der Waals surface area contributed by atoms with Crippen molar-refractivity contribution in [1.82, 2.24) is 20.0 Å². The summed E-state index contributed by atoms with van der Waals surface area (Å²) in [5.74, 6) is -0.341. The quantitative estimate of drug-likeness (QED) is 0.511. The monoisotopic (exact) mass is 457 g/mol. The molecule has 166 valence electrons. The topological polar surface area (TPSA) is 75.4 Å². The summed E-state index contributed by atoms with van der Waals surface area (Å²) in [6, 6.07) is 10.3. The van der Waals surface area contributed by atoms with Crippen LogP contribution in [0.1, 0.15) is 35.0 Å². The number of pyridine rings is 1. The standard InChI is InChI=1S/C22H21F2N5O2S/c23-22(24)32-17-4-2-1-3-16(17)21(30)29-11-9-28(10-12-29)18-8-7-15(13-25-18)19-26-20(31-27-19)14-5-6-14/h1-4,7-8,13-14,22H,5-6,9-12H2. The third-order valence-corrected chi connectivity index (χ3v) is 6.39. The molecule has 0 atom stereocenters. The third kappa shape index (κ3) is 4.45. The molecule has 0 N–H and O–H groups in total. The lowest BCUT2D eigenvalue weighted by molar-refractivity contribution is 0.0743. The molecule has 0 radical (unpaired) electrons. The van der Waals surface area contributed by atoms with Crippen molar-refractivity contribution in [2.24, 2.45) is 0 Å². The van der Waals surface area contributed by atoms with E-state index >= 15 is 0 Å². The highest BCUT2D eigenvalue weighted by molar-refractivity contribution is 7.99. The van der Waals surface area contributed by atoms with Gasteiger partial charge in [-0.2, -0.15) is 13.8 Å². The number of aromatic nitrogens is 3. The molecule has 3 aromatic rings. The largest absolute Gasteiger partial charge is 0.353 e. The highest BCUT2D eigenvalue weighted by Gasteiger charge is 2.30. The van der Waals surface area contributed by atoms with Gasteiger partial charge in [0.2, 0.25) is 11.7 Å². The van der Waals surface area contributed by atoms with Gasteiger partial charge < -0.3 is 14.3 Å². The van der Waals surface area contributed by atoms with Gasteiger partial charge >= 0.3 is 0 Å². The molecule has 2 aromatic heterocycles. The maximum atomic E-state index is 12.9. The Morgan fingerprint density at radius 3 is 2.56 bits per heavy atom. The molecule has 2 fully saturated rings. The summed E-state index contributed by atoms with van der Waals surface area (Å²) >= 11 is 0.403. The molecule has 1 saturated carbocycles. The smallest absolute Gasteiger partial charge is 0.288 e. The van der Waals surface area contributed by atoms with Crippen LogP contribution in [0, 0.1) is 0 Å². The van der Waals surface area contributed by atoms with Crippen molar-refractivity contribution in [2.45, 2.75) is 29.4 Å². The van der Waals surface area contributed by atoms with E-state index in [-0.39, 0.29) is 5.91 Å². The Bertz CT molecular complexity index is 1100. The lowest BCUT2D eigenvalue weighted by atomic mass is 10.1. The fraction of sp³-hybridized carbons (Fsp3) is 0.364. The number of halogens is 2. The summed E-state index contributed by atoms with van der Waals surface area (Å²) in [4.78, 5) is 26.0. The van der Waals surface area contributed by atoms with E-state index in [1.807, 2.05) is 12.1 Å². The van der Waals surface area contributed by atoms with Crippen molar-refractivity contribution < 1.29 is 18.1 Å². The van der Waals surface area contributed by atoms with Gasteiger partial charge in [0.1, 0.15) is 5.82 Å². The molecule has 1 saturated heterocycles. The van der Waals surface area contributed by atoms with E-state index in [0.29, 0.717) is 66.0 Å². The molecule has 32 heavy (non-hydrogen) atoms. The fourth-order valence-electron chi connectivity index (χ4n) is 3.71. The van der Waals surface area contributed by atoms with Crippen LogP contribution in [0.3, 0.4) is 0 Å². The van der Waals surface area contributed by atoms with Crippen LogP contribution in [0.15, 0.2) is 52.0 Å². The number of anilines is 1. The molecule has 1 amide bonds. The third-order valence-electron chi connectivity index (χ3n) is 5.60. The molecule has 3 heterocycles. The van der Waals surface area contributed by atoms with E-state index in [1.165, 1.54) is 0 Å². The highest BCUT2D eigenvalue weighted by atomic mass is 32.2. The van der Waals surface area contributed by atoms with Gasteiger partial charge in [0.05, 0.1) is 5.56 Å². The van der Waals surface area contributed by atoms with Gasteiger partial charge in [-0.3, -0.25) is 4.79 Å². The van der Waals surface area contributed by atoms with E-state index in [4.69, 9.17) is 4.52 Å². The first-order chi connectivity index (χ1) is 15.6. The summed E-state index contributed by atoms with van der Waals surface area (Å²) in [5, 5.41) is 4.04. The van der Waals surface area contributed by atoms with Gasteiger partial charge in [0, 0.05) is 48.8 Å². The van der Waals surface area contributed by atoms with Crippen LogP contribution in [-0.2, 0) is 0 Å². The van der Waals surface area contributed by atoms with Crippen LogP contribution < -0.4 is 4.90 Å². The number of hydrogen-bond donors (Lipinski definition) is 0. The molecule has 0 unspecified atom stereocenters. The second kappa shape index (κ2) is 8.85. The lowest BCUT2D eigenvalue weighted by Gasteiger charge is -2.35. The molecule has 5 rings (SSSR count). The van der Waals surface area contributed by atoms with Crippen molar-refractivity contribution in [3.05, 3.63) is 54.0 Å². The Labute approximate surface area is 187 Å². The van der Waals surface area contributed by atoms with Crippen LogP contribution in [0.5, 0.6) is 0 Å². The average Bonchev–Trinajstić information content (AvgIpc) is 3.55. The SMILES string of the molecule is O=C(c1ccccc1SC(F)F)N1CCN(c2ccc(-c3noc(C4CC4)n3)cn2)CC1. The van der Waals surface area contributed by atoms with Crippen molar-refractivity contribution in [2.75, 3.05) is 31.1 Å². The number of hydrogen-bond acceptors (Lipinski definition) is 7. The zero-order valence-corrected chi connectivity index (χ0v) is 18.0. The van der Waals surface area contributed by atoms with Gasteiger partial charge in [-0.15, -0.1) is 0 Å². The zero-order chi connectivity index (χ0) is 22.1. The first-order valence-corrected chi connectivity index (χ1v) is 11.3. The van der Waals surface area contributed by atoms with Crippen LogP contribution in [0.2, 0.25) is 0 Å². The highest BCUT2D eigenvalue weighted by Crippen LogP contribution is 2.39. The predicted molar refractivity (Wildman–Crippen MR) is 116 cm³/mol. The Kier molecular flexibility index (Phi) is 5.77. The predicted octanol–water partition coefficient (Wildman–Crippen LogP) is 4.29. The van der Waals surface area contributed by atoms with Crippen LogP contribution in [-0.4, -0.2) is 57.9 Å². The fourth-order valence-corrected chi connectivity index (χ4v) is 4.34. The lowest BCUT2D eigenvalue weighted by Crippen LogP contribution is -2.49. The average molecular weight is 458 g/mol. The van der Waals surface area contributed by atoms with Gasteiger partial charge in [0.15, 0.2) is 0 Å². The Morgan fingerprint density at radius 1 is 1.09 bits per heavy atom. The molecule has 1 aliphatic carbocycles. The number of alkyl halides is 2. The summed E-state index contributed by atoms with van der Waals surface area (Å²) in [6.07, 6.45) is 3.93. The number of carbonyl (C=O) groups excluding carboxylic acids is 1. The van der Waals surface area contributed by atoms with Gasteiger partial charge in [-0.1, -0.05) is 29.1 Å². The minimum atomic E-state index is -2.57. The number of carbonyl (C=O) groups is 1. The van der Waals surface area contributed by atoms with Crippen LogP contribution in [0.4, 0.5) is 14.6 Å². The normalized spacial score (nSPS) is 16.6. The van der Waals surface area contributed by atoms with Crippen molar-refractivity contribution >= 4 is 23.5 Å². The molecular formula is C22H21F2N5O2S. The van der Waals surface area contributed by atoms with Crippen LogP contribution >= 0.6 is 11.8 Å². The van der Waals surface area contributed by atoms with Crippen molar-refractivity contribution in [1.29, 1.82) is 0 Å². The number of nitrogens with zero attached hydrogens (tertiary/aromatic N) is 5. The Morgan fingerprint density at radius 2 is 1.88 bits per heavy atom. The summed E-state index contributed by atoms with van der Waals surface area (Å²) in [6.45, 7) is 2.20. The Balaban J connectivity index is 1.21. The zero-order valence-electron chi connectivity index (χ0n) is 17.2. The molecule has 2 aliphatic rings. The van der Waals surface area contributed by atoms with E-state index in [2.05, 4.69) is 20.0 Å². The number of rotatable bonds is 6. The summed E-state index contributed by atoms with van der Waals surface area (Å²) < 4.78 is 31.0. The van der Waals surface area contributed by atoms with Crippen molar-refractivity contribution in [3.8, 4) is 11.4 Å². The number of amides is 1. The summed E-state index contributed by atoms with van der Waals surface area (Å²) in [5.41, 5.74) is 1.12. The Hall–Kier alpha value is -3.01. The molecule has 1 aliphatic heterocycles. The minimum Gasteiger partial charge on any atom is -0.353 e. The van der Waals surface area contributed by atoms with Crippen molar-refractivity contribution in [3.63, 3.8) is 0 Å². The first kappa shape index (κ1) is 20.9.